The molecule has 1 rings (SSSR count). The summed E-state index contributed by atoms with van der Waals surface area (Å²) < 4.78 is 0. The van der Waals surface area contributed by atoms with E-state index in [1.54, 1.807) is 0 Å². The van der Waals surface area contributed by atoms with E-state index in [0.29, 0.717) is 6.04 Å². The van der Waals surface area contributed by atoms with Crippen LogP contribution in [0, 0.1) is 13.8 Å². The fourth-order valence-electron chi connectivity index (χ4n) is 2.52. The first-order valence-corrected chi connectivity index (χ1v) is 8.33. The van der Waals surface area contributed by atoms with Gasteiger partial charge in [0, 0.05) is 18.1 Å². The third-order valence-electron chi connectivity index (χ3n) is 4.81. The fraction of sp³-hybridized carbons (Fsp3) is 0.684. The molecular weight excluding hydrogens is 256 g/mol. The van der Waals surface area contributed by atoms with E-state index in [1.165, 1.54) is 23.1 Å². The summed E-state index contributed by atoms with van der Waals surface area (Å²) in [6.07, 6.45) is 2.33. The Balaban J connectivity index is 2.97. The first-order chi connectivity index (χ1) is 9.81. The van der Waals surface area contributed by atoms with Gasteiger partial charge in [0.15, 0.2) is 0 Å². The summed E-state index contributed by atoms with van der Waals surface area (Å²) >= 11 is 0. The molecule has 0 amide bonds. The average molecular weight is 290 g/mol. The maximum atomic E-state index is 3.74. The molecule has 1 aromatic carbocycles. The van der Waals surface area contributed by atoms with Gasteiger partial charge in [-0.2, -0.15) is 0 Å². The lowest BCUT2D eigenvalue weighted by Gasteiger charge is -2.38. The molecule has 0 spiro atoms. The molecule has 0 fully saturated rings. The van der Waals surface area contributed by atoms with Crippen molar-refractivity contribution in [3.63, 3.8) is 0 Å². The van der Waals surface area contributed by atoms with E-state index in [1.807, 2.05) is 0 Å². The normalized spacial score (nSPS) is 13.7. The van der Waals surface area contributed by atoms with Crippen LogP contribution in [0.25, 0.3) is 0 Å². The van der Waals surface area contributed by atoms with Crippen LogP contribution in [0.4, 0.5) is 0 Å². The van der Waals surface area contributed by atoms with Gasteiger partial charge in [0.2, 0.25) is 0 Å². The molecule has 0 aliphatic heterocycles. The summed E-state index contributed by atoms with van der Waals surface area (Å²) in [6, 6.07) is 7.20. The largest absolute Gasteiger partial charge is 0.309 e. The molecule has 0 aliphatic carbocycles. The van der Waals surface area contributed by atoms with E-state index >= 15 is 0 Å². The topological polar surface area (TPSA) is 15.3 Å². The third kappa shape index (κ3) is 5.12. The van der Waals surface area contributed by atoms with Gasteiger partial charge >= 0.3 is 0 Å². The van der Waals surface area contributed by atoms with Crippen molar-refractivity contribution in [2.45, 2.75) is 66.0 Å². The maximum absolute atomic E-state index is 3.74. The van der Waals surface area contributed by atoms with Crippen LogP contribution >= 0.6 is 0 Å². The minimum absolute atomic E-state index is 0.240. The molecule has 0 radical (unpaired) electrons. The Kier molecular flexibility index (Phi) is 6.89. The van der Waals surface area contributed by atoms with Crippen molar-refractivity contribution >= 4 is 0 Å². The van der Waals surface area contributed by atoms with E-state index in [9.17, 15) is 0 Å². The second kappa shape index (κ2) is 7.95. The Morgan fingerprint density at radius 2 is 1.86 bits per heavy atom. The predicted molar refractivity (Wildman–Crippen MR) is 94.0 cm³/mol. The summed E-state index contributed by atoms with van der Waals surface area (Å²) in [5.41, 5.74) is 4.42. The summed E-state index contributed by atoms with van der Waals surface area (Å²) in [7, 11) is 2.25. The molecule has 21 heavy (non-hydrogen) atoms. The molecule has 0 saturated heterocycles. The van der Waals surface area contributed by atoms with Gasteiger partial charge in [-0.05, 0) is 65.3 Å². The van der Waals surface area contributed by atoms with Crippen LogP contribution in [0.5, 0.6) is 0 Å². The van der Waals surface area contributed by atoms with Crippen molar-refractivity contribution in [2.75, 3.05) is 20.1 Å². The van der Waals surface area contributed by atoms with Crippen LogP contribution in [0.2, 0.25) is 0 Å². The highest BCUT2D eigenvalue weighted by Crippen LogP contribution is 2.24. The Morgan fingerprint density at radius 1 is 1.19 bits per heavy atom. The molecule has 2 nitrogen and oxygen atoms in total. The van der Waals surface area contributed by atoms with Crippen LogP contribution in [-0.2, 0) is 0 Å². The van der Waals surface area contributed by atoms with E-state index in [2.05, 4.69) is 77.0 Å². The summed E-state index contributed by atoms with van der Waals surface area (Å²) in [6.45, 7) is 15.7. The molecule has 1 aromatic rings. The number of rotatable bonds is 8. The standard InChI is InChI=1S/C19H34N2/c1-8-12-20-18(14-21(7)19(5,6)9-2)17-13-15(3)10-11-16(17)4/h10-11,13,18,20H,8-9,12,14H2,1-7H3. The number of aryl methyl sites for hydroxylation is 2. The van der Waals surface area contributed by atoms with Crippen molar-refractivity contribution in [3.05, 3.63) is 34.9 Å². The van der Waals surface area contributed by atoms with Gasteiger partial charge in [0.25, 0.3) is 0 Å². The summed E-state index contributed by atoms with van der Waals surface area (Å²) in [5, 5.41) is 3.74. The quantitative estimate of drug-likeness (QED) is 0.760. The molecule has 1 atom stereocenters. The van der Waals surface area contributed by atoms with E-state index in [-0.39, 0.29) is 5.54 Å². The molecule has 0 aliphatic rings. The van der Waals surface area contributed by atoms with Crippen LogP contribution in [0.1, 0.15) is 63.3 Å². The van der Waals surface area contributed by atoms with Gasteiger partial charge in [0.1, 0.15) is 0 Å². The first kappa shape index (κ1) is 18.2. The van der Waals surface area contributed by atoms with Gasteiger partial charge in [0.05, 0.1) is 0 Å². The molecule has 0 aromatic heterocycles. The highest BCUT2D eigenvalue weighted by molar-refractivity contribution is 5.33. The zero-order valence-corrected chi connectivity index (χ0v) is 15.1. The van der Waals surface area contributed by atoms with Gasteiger partial charge in [-0.3, -0.25) is 4.90 Å². The third-order valence-corrected chi connectivity index (χ3v) is 4.81. The molecule has 0 heterocycles. The number of benzene rings is 1. The van der Waals surface area contributed by atoms with E-state index < -0.39 is 0 Å². The smallest absolute Gasteiger partial charge is 0.0452 e. The monoisotopic (exact) mass is 290 g/mol. The minimum atomic E-state index is 0.240. The average Bonchev–Trinajstić information content (AvgIpc) is 2.45. The van der Waals surface area contributed by atoms with Crippen molar-refractivity contribution in [1.82, 2.24) is 10.2 Å². The molecular formula is C19H34N2. The van der Waals surface area contributed by atoms with Crippen molar-refractivity contribution < 1.29 is 0 Å². The Morgan fingerprint density at radius 3 is 2.43 bits per heavy atom. The predicted octanol–water partition coefficient (Wildman–Crippen LogP) is 4.46. The van der Waals surface area contributed by atoms with Crippen LogP contribution in [-0.4, -0.2) is 30.6 Å². The molecule has 1 N–H and O–H groups in total. The summed E-state index contributed by atoms with van der Waals surface area (Å²) in [5.74, 6) is 0. The number of nitrogens with zero attached hydrogens (tertiary/aromatic N) is 1. The van der Waals surface area contributed by atoms with Gasteiger partial charge < -0.3 is 5.32 Å². The number of nitrogens with one attached hydrogen (secondary N) is 1. The molecule has 2 heteroatoms. The Labute approximate surface area is 131 Å². The molecule has 0 saturated carbocycles. The SMILES string of the molecule is CCCNC(CN(C)C(C)(C)CC)c1cc(C)ccc1C. The highest BCUT2D eigenvalue weighted by Gasteiger charge is 2.25. The second-order valence-corrected chi connectivity index (χ2v) is 6.91. The molecule has 120 valence electrons. The minimum Gasteiger partial charge on any atom is -0.309 e. The lowest BCUT2D eigenvalue weighted by Crippen LogP contribution is -2.45. The zero-order chi connectivity index (χ0) is 16.0. The van der Waals surface area contributed by atoms with Crippen molar-refractivity contribution in [1.29, 1.82) is 0 Å². The molecule has 0 bridgehead atoms. The van der Waals surface area contributed by atoms with Crippen molar-refractivity contribution in [2.24, 2.45) is 0 Å². The fourth-order valence-corrected chi connectivity index (χ4v) is 2.52. The van der Waals surface area contributed by atoms with E-state index in [0.717, 1.165) is 19.5 Å². The van der Waals surface area contributed by atoms with Crippen molar-refractivity contribution in [3.8, 4) is 0 Å². The number of hydrogen-bond acceptors (Lipinski definition) is 2. The lowest BCUT2D eigenvalue weighted by molar-refractivity contribution is 0.135. The van der Waals surface area contributed by atoms with Gasteiger partial charge in [-0.25, -0.2) is 0 Å². The van der Waals surface area contributed by atoms with Gasteiger partial charge in [-0.15, -0.1) is 0 Å². The molecule has 1 unspecified atom stereocenters. The van der Waals surface area contributed by atoms with Crippen LogP contribution in [0.3, 0.4) is 0 Å². The maximum Gasteiger partial charge on any atom is 0.0452 e. The van der Waals surface area contributed by atoms with E-state index in [4.69, 9.17) is 0 Å². The zero-order valence-electron chi connectivity index (χ0n) is 15.1. The van der Waals surface area contributed by atoms with Gasteiger partial charge in [-0.1, -0.05) is 37.6 Å². The number of likely N-dealkylation sites (N-methyl/N-ethyl adjacent to an activating group) is 1. The number of hydrogen-bond donors (Lipinski definition) is 1. The Bertz CT molecular complexity index is 437. The van der Waals surface area contributed by atoms with Crippen LogP contribution < -0.4 is 5.32 Å². The first-order valence-electron chi connectivity index (χ1n) is 8.33. The second-order valence-electron chi connectivity index (χ2n) is 6.91. The summed E-state index contributed by atoms with van der Waals surface area (Å²) in [4.78, 5) is 2.49. The highest BCUT2D eigenvalue weighted by atomic mass is 15.2. The van der Waals surface area contributed by atoms with Crippen LogP contribution in [0.15, 0.2) is 18.2 Å². The lowest BCUT2D eigenvalue weighted by atomic mass is 9.95. The Hall–Kier alpha value is -0.860.